The van der Waals surface area contributed by atoms with Crippen LogP contribution in [-0.2, 0) is 16.1 Å². The number of hydrogen-bond donors (Lipinski definition) is 1. The van der Waals surface area contributed by atoms with Crippen molar-refractivity contribution in [2.75, 3.05) is 6.54 Å². The second kappa shape index (κ2) is 10.0. The van der Waals surface area contributed by atoms with Gasteiger partial charge in [0, 0.05) is 18.0 Å². The van der Waals surface area contributed by atoms with Gasteiger partial charge in [0.2, 0.25) is 5.91 Å². The van der Waals surface area contributed by atoms with Crippen molar-refractivity contribution in [2.45, 2.75) is 60.4 Å². The highest BCUT2D eigenvalue weighted by atomic mass is 32.1. The van der Waals surface area contributed by atoms with Crippen molar-refractivity contribution in [1.82, 2.24) is 9.88 Å². The van der Waals surface area contributed by atoms with E-state index in [1.54, 1.807) is 0 Å². The summed E-state index contributed by atoms with van der Waals surface area (Å²) in [7, 11) is 0. The van der Waals surface area contributed by atoms with E-state index in [0.29, 0.717) is 21.7 Å². The Kier molecular flexibility index (Phi) is 7.96. The van der Waals surface area contributed by atoms with Crippen LogP contribution in [0.3, 0.4) is 0 Å². The van der Waals surface area contributed by atoms with Gasteiger partial charge in [-0.25, -0.2) is 0 Å². The van der Waals surface area contributed by atoms with Gasteiger partial charge in [-0.05, 0) is 29.5 Å². The highest BCUT2D eigenvalue weighted by molar-refractivity contribution is 7.07. The molecule has 1 heterocycles. The van der Waals surface area contributed by atoms with Crippen molar-refractivity contribution in [3.05, 3.63) is 54.9 Å². The second-order valence-corrected chi connectivity index (χ2v) is 9.83. The van der Waals surface area contributed by atoms with Gasteiger partial charge in [0.15, 0.2) is 5.78 Å². The molecule has 0 radical (unpaired) electrons. The van der Waals surface area contributed by atoms with Crippen molar-refractivity contribution in [3.63, 3.8) is 0 Å². The van der Waals surface area contributed by atoms with Crippen LogP contribution in [0.5, 0.6) is 0 Å². The van der Waals surface area contributed by atoms with Crippen LogP contribution in [-0.4, -0.2) is 22.8 Å². The summed E-state index contributed by atoms with van der Waals surface area (Å²) >= 11 is 1.24. The molecule has 0 unspecified atom stereocenters. The maximum absolute atomic E-state index is 13.0. The summed E-state index contributed by atoms with van der Waals surface area (Å²) in [6.07, 6.45) is 4.12. The molecule has 1 aromatic carbocycles. The molecule has 6 heteroatoms. The van der Waals surface area contributed by atoms with E-state index < -0.39 is 5.41 Å². The Morgan fingerprint density at radius 1 is 1.17 bits per heavy atom. The number of aromatic nitrogens is 1. The van der Waals surface area contributed by atoms with E-state index in [4.69, 9.17) is 0 Å². The van der Waals surface area contributed by atoms with E-state index in [9.17, 15) is 14.4 Å². The number of benzene rings is 1. The average molecular weight is 429 g/mol. The van der Waals surface area contributed by atoms with E-state index in [1.165, 1.54) is 27.5 Å². The highest BCUT2D eigenvalue weighted by Crippen LogP contribution is 2.15. The number of ketones is 1. The molecule has 30 heavy (non-hydrogen) atoms. The predicted molar refractivity (Wildman–Crippen MR) is 124 cm³/mol. The van der Waals surface area contributed by atoms with Crippen LogP contribution in [0.25, 0.3) is 12.2 Å². The normalized spacial score (nSPS) is 13.2. The average Bonchev–Trinajstić information content (AvgIpc) is 2.94. The first-order valence-electron chi connectivity index (χ1n) is 10.4. The molecule has 2 aromatic rings. The Labute approximate surface area is 182 Å². The molecule has 0 fully saturated rings. The number of nitrogens with zero attached hydrogens (tertiary/aromatic N) is 1. The maximum atomic E-state index is 13.0. The minimum atomic E-state index is -0.564. The van der Waals surface area contributed by atoms with Crippen LogP contribution in [0.1, 0.15) is 65.0 Å². The van der Waals surface area contributed by atoms with Gasteiger partial charge >= 0.3 is 0 Å². The van der Waals surface area contributed by atoms with Gasteiger partial charge in [0.1, 0.15) is 11.2 Å². The number of carbonyl (C=O) groups excluding carboxylic acids is 2. The topological polar surface area (TPSA) is 68.2 Å². The number of Topliss-reactive ketones (excluding diaryl/α,β-unsaturated/α-hetero) is 1. The lowest BCUT2D eigenvalue weighted by atomic mass is 9.91. The highest BCUT2D eigenvalue weighted by Gasteiger charge is 2.20. The number of amides is 1. The molecule has 1 aromatic heterocycles. The molecule has 0 spiro atoms. The molecule has 0 aliphatic rings. The zero-order valence-electron chi connectivity index (χ0n) is 18.7. The van der Waals surface area contributed by atoms with Gasteiger partial charge in [-0.2, -0.15) is 0 Å². The lowest BCUT2D eigenvalue weighted by Gasteiger charge is -2.12. The van der Waals surface area contributed by atoms with Crippen molar-refractivity contribution in [2.24, 2.45) is 5.41 Å². The molecule has 1 N–H and O–H groups in total. The summed E-state index contributed by atoms with van der Waals surface area (Å²) in [5, 5.41) is 2.79. The lowest BCUT2D eigenvalue weighted by molar-refractivity contribution is -0.122. The fraction of sp³-hybridized carbons (Fsp3) is 0.458. The smallest absolute Gasteiger partial charge is 0.269 e. The number of rotatable bonds is 7. The summed E-state index contributed by atoms with van der Waals surface area (Å²) in [5.74, 6) is 0.117. The lowest BCUT2D eigenvalue weighted by Crippen LogP contribution is -2.38. The van der Waals surface area contributed by atoms with E-state index in [2.05, 4.69) is 31.3 Å². The molecule has 0 bridgehead atoms. The first-order valence-corrected chi connectivity index (χ1v) is 11.2. The Hall–Kier alpha value is -2.47. The van der Waals surface area contributed by atoms with Gasteiger partial charge in [-0.3, -0.25) is 19.0 Å². The van der Waals surface area contributed by atoms with Gasteiger partial charge in [0.05, 0.1) is 4.53 Å². The van der Waals surface area contributed by atoms with Crippen molar-refractivity contribution in [3.8, 4) is 0 Å². The number of carbonyl (C=O) groups is 2. The zero-order chi connectivity index (χ0) is 22.5. The Balaban J connectivity index is 2.55. The molecule has 1 amide bonds. The minimum Gasteiger partial charge on any atom is -0.355 e. The molecule has 5 nitrogen and oxygen atoms in total. The van der Waals surface area contributed by atoms with Gasteiger partial charge in [-0.15, -0.1) is 11.3 Å². The molecule has 2 rings (SSSR count). The Morgan fingerprint density at radius 2 is 1.80 bits per heavy atom. The summed E-state index contributed by atoms with van der Waals surface area (Å²) in [5.41, 5.74) is 1.32. The number of thiazole rings is 1. The molecule has 0 atom stereocenters. The standard InChI is InChI=1S/C24H32N2O3S/c1-7-12-25-21(28)15-26-22(14-20(27)24(4,5)6)30-19(23(26)29)13-17-8-10-18(11-9-17)16(2)3/h8-11,13-14,16H,7,12,15H2,1-6H3,(H,25,28)/b19-13+,22-14-. The molecule has 0 saturated heterocycles. The Bertz CT molecular complexity index is 1070. The van der Waals surface area contributed by atoms with Gasteiger partial charge < -0.3 is 5.32 Å². The van der Waals surface area contributed by atoms with Crippen LogP contribution in [0, 0.1) is 5.41 Å². The van der Waals surface area contributed by atoms with Crippen molar-refractivity contribution in [1.29, 1.82) is 0 Å². The fourth-order valence-corrected chi connectivity index (χ4v) is 3.76. The van der Waals surface area contributed by atoms with Crippen LogP contribution >= 0.6 is 11.3 Å². The monoisotopic (exact) mass is 428 g/mol. The molecule has 162 valence electrons. The second-order valence-electron chi connectivity index (χ2n) is 8.77. The third kappa shape index (κ3) is 6.26. The largest absolute Gasteiger partial charge is 0.355 e. The summed E-state index contributed by atoms with van der Waals surface area (Å²) < 4.78 is 2.40. The molecular weight excluding hydrogens is 396 g/mol. The SMILES string of the molecule is CCCNC(=O)Cn1c(=O)/c(=C\c2ccc(C(C)C)cc2)s/c1=C\C(=O)C(C)(C)C. The van der Waals surface area contributed by atoms with E-state index in [1.807, 2.05) is 45.9 Å². The molecular formula is C24H32N2O3S. The summed E-state index contributed by atoms with van der Waals surface area (Å²) in [6.45, 7) is 12.2. The van der Waals surface area contributed by atoms with Crippen LogP contribution in [0.2, 0.25) is 0 Å². The third-order valence-electron chi connectivity index (χ3n) is 4.71. The Morgan fingerprint density at radius 3 is 2.33 bits per heavy atom. The van der Waals surface area contributed by atoms with E-state index in [-0.39, 0.29) is 23.8 Å². The van der Waals surface area contributed by atoms with Gasteiger partial charge in [-0.1, -0.05) is 65.8 Å². The van der Waals surface area contributed by atoms with Crippen LogP contribution in [0.15, 0.2) is 29.1 Å². The van der Waals surface area contributed by atoms with Crippen LogP contribution < -0.4 is 20.1 Å². The number of nitrogens with one attached hydrogen (secondary N) is 1. The zero-order valence-corrected chi connectivity index (χ0v) is 19.6. The first-order chi connectivity index (χ1) is 14.0. The molecule has 0 aliphatic carbocycles. The van der Waals surface area contributed by atoms with E-state index in [0.717, 1.165) is 12.0 Å². The quantitative estimate of drug-likeness (QED) is 0.737. The molecule has 0 aliphatic heterocycles. The van der Waals surface area contributed by atoms with E-state index >= 15 is 0 Å². The fourth-order valence-electron chi connectivity index (χ4n) is 2.71. The summed E-state index contributed by atoms with van der Waals surface area (Å²) in [6, 6.07) is 8.07. The minimum absolute atomic E-state index is 0.0840. The number of hydrogen-bond acceptors (Lipinski definition) is 4. The van der Waals surface area contributed by atoms with Crippen LogP contribution in [0.4, 0.5) is 0 Å². The third-order valence-corrected chi connectivity index (χ3v) is 5.76. The molecule has 0 saturated carbocycles. The maximum Gasteiger partial charge on any atom is 0.269 e. The predicted octanol–water partition coefficient (Wildman–Crippen LogP) is 2.78. The summed E-state index contributed by atoms with van der Waals surface area (Å²) in [4.78, 5) is 37.8. The van der Waals surface area contributed by atoms with Gasteiger partial charge in [0.25, 0.3) is 5.56 Å². The van der Waals surface area contributed by atoms with Crippen molar-refractivity contribution < 1.29 is 9.59 Å². The van der Waals surface area contributed by atoms with Crippen molar-refractivity contribution >= 4 is 35.2 Å². The first kappa shape index (κ1) is 23.8.